The molecule has 3 heterocycles. The van der Waals surface area contributed by atoms with Crippen LogP contribution < -0.4 is 5.32 Å². The lowest BCUT2D eigenvalue weighted by atomic mass is 9.99. The number of rotatable bonds is 5. The summed E-state index contributed by atoms with van der Waals surface area (Å²) in [5.74, 6) is -1.41. The van der Waals surface area contributed by atoms with Crippen molar-refractivity contribution in [2.45, 2.75) is 39.4 Å². The van der Waals surface area contributed by atoms with Crippen LogP contribution in [-0.4, -0.2) is 88.6 Å². The van der Waals surface area contributed by atoms with Gasteiger partial charge in [0.25, 0.3) is 17.6 Å². The van der Waals surface area contributed by atoms with Crippen molar-refractivity contribution in [2.24, 2.45) is 0 Å². The van der Waals surface area contributed by atoms with Gasteiger partial charge < -0.3 is 20.1 Å². The largest absolute Gasteiger partial charge is 0.360 e. The number of aryl methyl sites for hydroxylation is 1. The molecule has 0 saturated carbocycles. The van der Waals surface area contributed by atoms with Crippen LogP contribution in [0.5, 0.6) is 0 Å². The minimum atomic E-state index is -0.559. The lowest BCUT2D eigenvalue weighted by Gasteiger charge is -2.44. The van der Waals surface area contributed by atoms with E-state index < -0.39 is 11.7 Å². The maximum absolute atomic E-state index is 13.8. The molecule has 0 bridgehead atoms. The molecule has 8 nitrogen and oxygen atoms in total. The normalized spacial score (nSPS) is 20.6. The van der Waals surface area contributed by atoms with Crippen molar-refractivity contribution in [3.63, 3.8) is 0 Å². The third-order valence-corrected chi connectivity index (χ3v) is 7.78. The van der Waals surface area contributed by atoms with E-state index in [4.69, 9.17) is 0 Å². The summed E-state index contributed by atoms with van der Waals surface area (Å²) in [5.41, 5.74) is 3.40. The number of hydrogen-bond acceptors (Lipinski definition) is 5. The Bertz CT molecular complexity index is 1360. The third kappa shape index (κ3) is 5.08. The molecule has 3 aromatic rings. The fourth-order valence-electron chi connectivity index (χ4n) is 5.50. The van der Waals surface area contributed by atoms with Crippen LogP contribution in [0.15, 0.2) is 42.6 Å². The van der Waals surface area contributed by atoms with Crippen molar-refractivity contribution >= 4 is 28.5 Å². The lowest BCUT2D eigenvalue weighted by Crippen LogP contribution is -2.57. The number of carbonyl (C=O) groups excluding carboxylic acids is 3. The lowest BCUT2D eigenvalue weighted by molar-refractivity contribution is -0.126. The number of aromatic amines is 1. The van der Waals surface area contributed by atoms with E-state index in [9.17, 15) is 18.8 Å². The summed E-state index contributed by atoms with van der Waals surface area (Å²) < 4.78 is 13.3. The summed E-state index contributed by atoms with van der Waals surface area (Å²) in [7, 11) is 0. The molecule has 2 atom stereocenters. The van der Waals surface area contributed by atoms with Gasteiger partial charge >= 0.3 is 0 Å². The van der Waals surface area contributed by atoms with E-state index in [0.29, 0.717) is 62.3 Å². The number of hydrogen-bond donors (Lipinski definition) is 2. The standard InChI is InChI=1S/C29H34FN5O3/c1-18-12-26-24(25(14-32-26)27(36)29(38)33-10-8-31-9-11-33)13-23(18)28(37)35-16-19(2)34(15-20(35)3)17-21-4-6-22(30)7-5-21/h4-7,12-14,19-20,31-32H,8-11,15-17H2,1-3H3/t19-,20+/m0/s1. The third-order valence-electron chi connectivity index (χ3n) is 7.78. The summed E-state index contributed by atoms with van der Waals surface area (Å²) in [4.78, 5) is 48.7. The van der Waals surface area contributed by atoms with Crippen LogP contribution in [0.1, 0.15) is 45.7 Å². The van der Waals surface area contributed by atoms with Crippen molar-refractivity contribution in [1.29, 1.82) is 0 Å². The fourth-order valence-corrected chi connectivity index (χ4v) is 5.50. The molecule has 2 aliphatic rings. The van der Waals surface area contributed by atoms with Crippen molar-refractivity contribution in [1.82, 2.24) is 25.0 Å². The van der Waals surface area contributed by atoms with Gasteiger partial charge in [-0.1, -0.05) is 12.1 Å². The molecule has 0 radical (unpaired) electrons. The molecule has 1 aromatic heterocycles. The van der Waals surface area contributed by atoms with Gasteiger partial charge in [-0.3, -0.25) is 19.3 Å². The van der Waals surface area contributed by atoms with Gasteiger partial charge in [-0.25, -0.2) is 4.39 Å². The summed E-state index contributed by atoms with van der Waals surface area (Å²) in [6, 6.07) is 10.2. The maximum Gasteiger partial charge on any atom is 0.295 e. The van der Waals surface area contributed by atoms with Crippen molar-refractivity contribution in [3.8, 4) is 0 Å². The fraction of sp³-hybridized carbons (Fsp3) is 0.414. The highest BCUT2D eigenvalue weighted by Crippen LogP contribution is 2.27. The molecule has 2 aromatic carbocycles. The first kappa shape index (κ1) is 26.1. The molecule has 2 N–H and O–H groups in total. The topological polar surface area (TPSA) is 88.8 Å². The number of fused-ring (bicyclic) bond motifs is 1. The summed E-state index contributed by atoms with van der Waals surface area (Å²) in [5, 5.41) is 3.77. The summed E-state index contributed by atoms with van der Waals surface area (Å²) in [6.07, 6.45) is 1.57. The number of benzene rings is 2. The van der Waals surface area contributed by atoms with E-state index in [2.05, 4.69) is 22.1 Å². The number of aromatic nitrogens is 1. The highest BCUT2D eigenvalue weighted by atomic mass is 19.1. The number of halogens is 1. The van der Waals surface area contributed by atoms with E-state index >= 15 is 0 Å². The average Bonchev–Trinajstić information content (AvgIpc) is 3.33. The Balaban J connectivity index is 1.35. The average molecular weight is 520 g/mol. The first-order chi connectivity index (χ1) is 18.2. The van der Waals surface area contributed by atoms with E-state index in [1.807, 2.05) is 24.8 Å². The highest BCUT2D eigenvalue weighted by molar-refractivity contribution is 6.45. The molecule has 0 spiro atoms. The minimum Gasteiger partial charge on any atom is -0.360 e. The Morgan fingerprint density at radius 2 is 1.68 bits per heavy atom. The second-order valence-corrected chi connectivity index (χ2v) is 10.5. The summed E-state index contributed by atoms with van der Waals surface area (Å²) in [6.45, 7) is 10.3. The van der Waals surface area contributed by atoms with Crippen LogP contribution in [0.4, 0.5) is 4.39 Å². The molecular formula is C29H34FN5O3. The SMILES string of the molecule is Cc1cc2[nH]cc(C(=O)C(=O)N3CCNCC3)c2cc1C(=O)N1C[C@H](C)N(Cc2ccc(F)cc2)C[C@H]1C. The molecule has 2 aliphatic heterocycles. The number of nitrogens with one attached hydrogen (secondary N) is 2. The molecule has 2 amide bonds. The Hall–Kier alpha value is -3.56. The van der Waals surface area contributed by atoms with E-state index in [0.717, 1.165) is 16.6 Å². The maximum atomic E-state index is 13.8. The van der Waals surface area contributed by atoms with Crippen molar-refractivity contribution < 1.29 is 18.8 Å². The Morgan fingerprint density at radius 3 is 2.39 bits per heavy atom. The molecule has 0 unspecified atom stereocenters. The number of piperazine rings is 2. The quantitative estimate of drug-likeness (QED) is 0.400. The smallest absolute Gasteiger partial charge is 0.295 e. The van der Waals surface area contributed by atoms with Crippen LogP contribution >= 0.6 is 0 Å². The molecule has 9 heteroatoms. The van der Waals surface area contributed by atoms with Crippen LogP contribution in [-0.2, 0) is 11.3 Å². The van der Waals surface area contributed by atoms with Crippen LogP contribution in [0, 0.1) is 12.7 Å². The van der Waals surface area contributed by atoms with E-state index in [1.165, 1.54) is 12.1 Å². The van der Waals surface area contributed by atoms with E-state index in [1.54, 1.807) is 29.3 Å². The van der Waals surface area contributed by atoms with Gasteiger partial charge in [0.1, 0.15) is 5.82 Å². The van der Waals surface area contributed by atoms with Gasteiger partial charge in [0.05, 0.1) is 5.56 Å². The van der Waals surface area contributed by atoms with Gasteiger partial charge in [0, 0.05) is 80.6 Å². The number of carbonyl (C=O) groups is 3. The Labute approximate surface area is 221 Å². The molecular weight excluding hydrogens is 485 g/mol. The van der Waals surface area contributed by atoms with Gasteiger partial charge in [-0.15, -0.1) is 0 Å². The molecule has 2 fully saturated rings. The first-order valence-corrected chi connectivity index (χ1v) is 13.2. The van der Waals surface area contributed by atoms with Crippen LogP contribution in [0.25, 0.3) is 10.9 Å². The van der Waals surface area contributed by atoms with Crippen LogP contribution in [0.3, 0.4) is 0 Å². The number of ketones is 1. The Kier molecular flexibility index (Phi) is 7.32. The zero-order valence-electron chi connectivity index (χ0n) is 22.1. The Morgan fingerprint density at radius 1 is 0.974 bits per heavy atom. The van der Waals surface area contributed by atoms with Gasteiger partial charge in [0.15, 0.2) is 0 Å². The zero-order valence-corrected chi connectivity index (χ0v) is 22.1. The van der Waals surface area contributed by atoms with Gasteiger partial charge in [-0.05, 0) is 56.2 Å². The predicted octanol–water partition coefficient (Wildman–Crippen LogP) is 2.96. The molecule has 0 aliphatic carbocycles. The molecule has 5 rings (SSSR count). The number of amides is 2. The highest BCUT2D eigenvalue weighted by Gasteiger charge is 2.33. The molecule has 200 valence electrons. The monoisotopic (exact) mass is 519 g/mol. The molecule has 2 saturated heterocycles. The predicted molar refractivity (Wildman–Crippen MR) is 144 cm³/mol. The van der Waals surface area contributed by atoms with Gasteiger partial charge in [-0.2, -0.15) is 0 Å². The van der Waals surface area contributed by atoms with Crippen molar-refractivity contribution in [3.05, 3.63) is 70.7 Å². The second kappa shape index (κ2) is 10.7. The molecule has 38 heavy (non-hydrogen) atoms. The van der Waals surface area contributed by atoms with Crippen molar-refractivity contribution in [2.75, 3.05) is 39.3 Å². The minimum absolute atomic E-state index is 0.0316. The number of Topliss-reactive ketones (excluding diaryl/α,β-unsaturated/α-hetero) is 1. The van der Waals surface area contributed by atoms with Gasteiger partial charge in [0.2, 0.25) is 0 Å². The van der Waals surface area contributed by atoms with Crippen LogP contribution in [0.2, 0.25) is 0 Å². The number of nitrogens with zero attached hydrogens (tertiary/aromatic N) is 3. The zero-order chi connectivity index (χ0) is 27.0. The van der Waals surface area contributed by atoms with E-state index in [-0.39, 0.29) is 23.8 Å². The number of H-pyrrole nitrogens is 1. The summed E-state index contributed by atoms with van der Waals surface area (Å²) >= 11 is 0. The first-order valence-electron chi connectivity index (χ1n) is 13.2. The second-order valence-electron chi connectivity index (χ2n) is 10.5.